The molecular formula is C54H28N4. The molecule has 0 atom stereocenters. The van der Waals surface area contributed by atoms with E-state index in [1.807, 2.05) is 0 Å². The van der Waals surface area contributed by atoms with E-state index in [1.54, 1.807) is 0 Å². The lowest BCUT2D eigenvalue weighted by Gasteiger charge is -2.07. The van der Waals surface area contributed by atoms with Gasteiger partial charge in [-0.25, -0.2) is 0 Å². The number of para-hydroxylation sites is 6. The average Bonchev–Trinajstić information content (AvgIpc) is 4.14. The topological polar surface area (TPSA) is 18.2 Å². The second kappa shape index (κ2) is 9.40. The molecule has 0 saturated heterocycles. The van der Waals surface area contributed by atoms with Crippen molar-refractivity contribution in [3.63, 3.8) is 0 Å². The number of hydrogen-bond acceptors (Lipinski definition) is 0. The fourth-order valence-electron chi connectivity index (χ4n) is 11.8. The summed E-state index contributed by atoms with van der Waals surface area (Å²) in [5.41, 5.74) is 15.2. The van der Waals surface area contributed by atoms with Gasteiger partial charge in [-0.05, 0) is 48.5 Å². The van der Waals surface area contributed by atoms with Crippen LogP contribution in [0.5, 0.6) is 0 Å². The van der Waals surface area contributed by atoms with Crippen LogP contribution in [0.25, 0.3) is 142 Å². The minimum Gasteiger partial charge on any atom is -0.309 e. The van der Waals surface area contributed by atoms with E-state index in [0.29, 0.717) is 0 Å². The van der Waals surface area contributed by atoms with Crippen molar-refractivity contribution in [3.05, 3.63) is 170 Å². The Bertz CT molecular complexity index is 4480. The van der Waals surface area contributed by atoms with Crippen molar-refractivity contribution in [3.8, 4) is 5.69 Å². The number of fused-ring (bicyclic) bond motifs is 23. The Morgan fingerprint density at radius 1 is 0.224 bits per heavy atom. The molecular weight excluding hydrogens is 705 g/mol. The van der Waals surface area contributed by atoms with Gasteiger partial charge in [-0.2, -0.15) is 0 Å². The molecule has 0 spiro atoms. The molecule has 0 aliphatic heterocycles. The van der Waals surface area contributed by atoms with Crippen molar-refractivity contribution in [2.75, 3.05) is 0 Å². The summed E-state index contributed by atoms with van der Waals surface area (Å²) in [6, 6.07) is 63.7. The first-order valence-corrected chi connectivity index (χ1v) is 20.2. The molecule has 7 aromatic heterocycles. The molecule has 4 nitrogen and oxygen atoms in total. The van der Waals surface area contributed by atoms with Crippen molar-refractivity contribution in [2.45, 2.75) is 0 Å². The van der Waals surface area contributed by atoms with Gasteiger partial charge in [0.25, 0.3) is 0 Å². The van der Waals surface area contributed by atoms with Crippen LogP contribution in [0.4, 0.5) is 0 Å². The summed E-state index contributed by atoms with van der Waals surface area (Å²) in [6.45, 7) is 0. The van der Waals surface area contributed by atoms with Crippen molar-refractivity contribution in [1.29, 1.82) is 0 Å². The molecule has 9 aromatic carbocycles. The van der Waals surface area contributed by atoms with Gasteiger partial charge in [0, 0.05) is 81.1 Å². The van der Waals surface area contributed by atoms with Crippen LogP contribution >= 0.6 is 0 Å². The smallest absolute Gasteiger partial charge is 0.0641 e. The molecule has 0 bridgehead atoms. The third kappa shape index (κ3) is 2.97. The summed E-state index contributed by atoms with van der Waals surface area (Å²) in [7, 11) is 0. The molecule has 4 heteroatoms. The van der Waals surface area contributed by atoms with Crippen molar-refractivity contribution in [2.24, 2.45) is 0 Å². The Balaban J connectivity index is 1.12. The summed E-state index contributed by atoms with van der Waals surface area (Å²) < 4.78 is 10.2. The van der Waals surface area contributed by atoms with Crippen LogP contribution in [-0.4, -0.2) is 17.8 Å². The SMILES string of the molecule is c1ccc(-n2c3ccccc3c3c2ccc2c4cccc5c6cc7c(cc6n(c54)c23)c2cccc3c4ccc5c(c6cccc8c9ccccc9n5c86)c4n7c23)cc1. The standard InChI is InChI=1S/C54H28N4/c1-2-11-29(12-3-1)55-43-22-7-5-14-38(43)48-44(55)25-23-36-32-16-8-18-34-40-28-47-41(27-46(40)57(50(32)34)53(36)48)35-19-9-17-33-37-24-26-45-49(54(37)58(47)51(33)35)39-20-10-15-31-30-13-4-6-21-42(30)56(45)52(31)39/h1-28H. The highest BCUT2D eigenvalue weighted by Crippen LogP contribution is 2.49. The fourth-order valence-corrected chi connectivity index (χ4v) is 11.8. The molecule has 0 saturated carbocycles. The van der Waals surface area contributed by atoms with Crippen molar-refractivity contribution < 1.29 is 0 Å². The molecule has 0 fully saturated rings. The van der Waals surface area contributed by atoms with E-state index in [2.05, 4.69) is 188 Å². The first-order valence-electron chi connectivity index (χ1n) is 20.2. The normalized spacial score (nSPS) is 13.2. The minimum atomic E-state index is 1.18. The molecule has 264 valence electrons. The summed E-state index contributed by atoms with van der Waals surface area (Å²) >= 11 is 0. The van der Waals surface area contributed by atoms with Gasteiger partial charge in [-0.15, -0.1) is 0 Å². The van der Waals surface area contributed by atoms with E-state index < -0.39 is 0 Å². The van der Waals surface area contributed by atoms with Gasteiger partial charge in [-0.1, -0.05) is 121 Å². The fraction of sp³-hybridized carbons (Fsp3) is 0. The predicted octanol–water partition coefficient (Wildman–Crippen LogP) is 14.2. The van der Waals surface area contributed by atoms with Gasteiger partial charge in [0.05, 0.1) is 60.7 Å². The molecule has 16 rings (SSSR count). The van der Waals surface area contributed by atoms with Gasteiger partial charge in [0.1, 0.15) is 0 Å². The molecule has 58 heavy (non-hydrogen) atoms. The average molecular weight is 733 g/mol. The van der Waals surface area contributed by atoms with E-state index >= 15 is 0 Å². The Kier molecular flexibility index (Phi) is 4.63. The second-order valence-corrected chi connectivity index (χ2v) is 16.4. The number of benzene rings is 9. The monoisotopic (exact) mass is 732 g/mol. The second-order valence-electron chi connectivity index (χ2n) is 16.4. The van der Waals surface area contributed by atoms with Crippen LogP contribution in [0.2, 0.25) is 0 Å². The highest BCUT2D eigenvalue weighted by molar-refractivity contribution is 6.36. The Hall–Kier alpha value is -7.82. The third-order valence-electron chi connectivity index (χ3n) is 13.9. The number of rotatable bonds is 1. The largest absolute Gasteiger partial charge is 0.309 e. The van der Waals surface area contributed by atoms with E-state index in [-0.39, 0.29) is 0 Å². The first-order chi connectivity index (χ1) is 28.8. The Morgan fingerprint density at radius 3 is 1.33 bits per heavy atom. The maximum absolute atomic E-state index is 2.61. The van der Waals surface area contributed by atoms with Gasteiger partial charge in [0.15, 0.2) is 0 Å². The van der Waals surface area contributed by atoms with Gasteiger partial charge in [0.2, 0.25) is 0 Å². The first kappa shape index (κ1) is 28.6. The zero-order chi connectivity index (χ0) is 37.1. The zero-order valence-electron chi connectivity index (χ0n) is 31.0. The highest BCUT2D eigenvalue weighted by atomic mass is 15.0. The summed E-state index contributed by atoms with van der Waals surface area (Å²) in [4.78, 5) is 0. The Morgan fingerprint density at radius 2 is 0.672 bits per heavy atom. The summed E-state index contributed by atoms with van der Waals surface area (Å²) in [6.07, 6.45) is 0. The molecule has 0 unspecified atom stereocenters. The lowest BCUT2D eigenvalue weighted by Crippen LogP contribution is -1.92. The van der Waals surface area contributed by atoms with Crippen LogP contribution in [0, 0.1) is 0 Å². The molecule has 16 aromatic rings. The lowest BCUT2D eigenvalue weighted by atomic mass is 10.0. The highest BCUT2D eigenvalue weighted by Gasteiger charge is 2.27. The summed E-state index contributed by atoms with van der Waals surface area (Å²) in [5, 5.41) is 18.3. The zero-order valence-corrected chi connectivity index (χ0v) is 31.0. The molecule has 7 heterocycles. The molecule has 0 N–H and O–H groups in total. The van der Waals surface area contributed by atoms with E-state index in [9.17, 15) is 0 Å². The van der Waals surface area contributed by atoms with Gasteiger partial charge in [-0.3, -0.25) is 0 Å². The van der Waals surface area contributed by atoms with E-state index in [4.69, 9.17) is 0 Å². The van der Waals surface area contributed by atoms with Crippen LogP contribution < -0.4 is 0 Å². The number of aromatic nitrogens is 4. The molecule has 0 amide bonds. The predicted molar refractivity (Wildman–Crippen MR) is 245 cm³/mol. The number of nitrogens with zero attached hydrogens (tertiary/aromatic N) is 4. The lowest BCUT2D eigenvalue weighted by molar-refractivity contribution is 1.18. The minimum absolute atomic E-state index is 1.18. The van der Waals surface area contributed by atoms with Crippen LogP contribution in [0.3, 0.4) is 0 Å². The van der Waals surface area contributed by atoms with Crippen molar-refractivity contribution in [1.82, 2.24) is 17.8 Å². The van der Waals surface area contributed by atoms with Crippen LogP contribution in [0.1, 0.15) is 0 Å². The summed E-state index contributed by atoms with van der Waals surface area (Å²) in [5.74, 6) is 0. The molecule has 0 aliphatic rings. The number of hydrogen-bond donors (Lipinski definition) is 0. The maximum Gasteiger partial charge on any atom is 0.0641 e. The molecule has 0 radical (unpaired) electrons. The third-order valence-corrected chi connectivity index (χ3v) is 13.9. The molecule has 0 aliphatic carbocycles. The Labute approximate surface area is 328 Å². The maximum atomic E-state index is 2.61. The van der Waals surface area contributed by atoms with Crippen molar-refractivity contribution >= 4 is 136 Å². The quantitative estimate of drug-likeness (QED) is 0.160. The van der Waals surface area contributed by atoms with Gasteiger partial charge >= 0.3 is 0 Å². The van der Waals surface area contributed by atoms with E-state index in [0.717, 1.165) is 0 Å². The van der Waals surface area contributed by atoms with E-state index in [1.165, 1.54) is 142 Å². The van der Waals surface area contributed by atoms with Crippen LogP contribution in [-0.2, 0) is 0 Å². The van der Waals surface area contributed by atoms with Crippen LogP contribution in [0.15, 0.2) is 170 Å². The van der Waals surface area contributed by atoms with Gasteiger partial charge < -0.3 is 17.8 Å².